The van der Waals surface area contributed by atoms with E-state index in [0.717, 1.165) is 30.5 Å². The first-order chi connectivity index (χ1) is 8.91. The summed E-state index contributed by atoms with van der Waals surface area (Å²) < 4.78 is 0. The van der Waals surface area contributed by atoms with Crippen LogP contribution in [-0.4, -0.2) is 37.1 Å². The Morgan fingerprint density at radius 1 is 1.11 bits per heavy atom. The summed E-state index contributed by atoms with van der Waals surface area (Å²) in [5, 5.41) is 3.74. The molecule has 0 aromatic heterocycles. The van der Waals surface area contributed by atoms with Gasteiger partial charge in [0.15, 0.2) is 0 Å². The van der Waals surface area contributed by atoms with Gasteiger partial charge in [0.25, 0.3) is 0 Å². The van der Waals surface area contributed by atoms with Gasteiger partial charge in [0.1, 0.15) is 0 Å². The Kier molecular flexibility index (Phi) is 4.94. The molecule has 1 N–H and O–H groups in total. The van der Waals surface area contributed by atoms with Gasteiger partial charge in [-0.2, -0.15) is 0 Å². The quantitative estimate of drug-likeness (QED) is 0.819. The molecule has 0 saturated heterocycles. The van der Waals surface area contributed by atoms with Crippen LogP contribution in [0.2, 0.25) is 0 Å². The summed E-state index contributed by atoms with van der Waals surface area (Å²) in [5.74, 6) is 1.75. The van der Waals surface area contributed by atoms with Gasteiger partial charge in [0, 0.05) is 18.6 Å². The Bertz CT molecular complexity index is 277. The highest BCUT2D eigenvalue weighted by atomic mass is 15.2. The van der Waals surface area contributed by atoms with Crippen LogP contribution in [0.25, 0.3) is 0 Å². The maximum atomic E-state index is 3.74. The van der Waals surface area contributed by atoms with Crippen molar-refractivity contribution in [2.75, 3.05) is 20.1 Å². The van der Waals surface area contributed by atoms with Crippen molar-refractivity contribution in [2.24, 2.45) is 17.3 Å². The Balaban J connectivity index is 1.95. The van der Waals surface area contributed by atoms with E-state index in [1.807, 2.05) is 0 Å². The summed E-state index contributed by atoms with van der Waals surface area (Å²) >= 11 is 0. The Labute approximate surface area is 120 Å². The van der Waals surface area contributed by atoms with E-state index < -0.39 is 0 Å². The van der Waals surface area contributed by atoms with Crippen molar-refractivity contribution in [3.05, 3.63) is 0 Å². The minimum Gasteiger partial charge on any atom is -0.314 e. The predicted molar refractivity (Wildman–Crippen MR) is 83.4 cm³/mol. The maximum absolute atomic E-state index is 3.74. The van der Waals surface area contributed by atoms with E-state index in [4.69, 9.17) is 0 Å². The molecular formula is C17H34N2. The van der Waals surface area contributed by atoms with Crippen LogP contribution in [0.4, 0.5) is 0 Å². The van der Waals surface area contributed by atoms with Crippen molar-refractivity contribution in [3.8, 4) is 0 Å². The molecule has 0 heterocycles. The van der Waals surface area contributed by atoms with Crippen molar-refractivity contribution in [2.45, 2.75) is 71.9 Å². The Morgan fingerprint density at radius 3 is 2.32 bits per heavy atom. The summed E-state index contributed by atoms with van der Waals surface area (Å²) in [6.45, 7) is 11.9. The van der Waals surface area contributed by atoms with Gasteiger partial charge in [-0.25, -0.2) is 0 Å². The zero-order valence-corrected chi connectivity index (χ0v) is 13.7. The summed E-state index contributed by atoms with van der Waals surface area (Å²) in [6.07, 6.45) is 7.05. The highest BCUT2D eigenvalue weighted by Gasteiger charge is 2.37. The average molecular weight is 266 g/mol. The van der Waals surface area contributed by atoms with E-state index in [1.165, 1.54) is 38.6 Å². The van der Waals surface area contributed by atoms with Crippen LogP contribution < -0.4 is 5.32 Å². The van der Waals surface area contributed by atoms with Crippen LogP contribution in [0, 0.1) is 17.3 Å². The molecule has 2 aliphatic rings. The molecule has 0 aliphatic heterocycles. The Morgan fingerprint density at radius 2 is 1.79 bits per heavy atom. The molecule has 3 unspecified atom stereocenters. The lowest BCUT2D eigenvalue weighted by molar-refractivity contribution is 0.0924. The molecule has 2 heteroatoms. The van der Waals surface area contributed by atoms with Gasteiger partial charge >= 0.3 is 0 Å². The molecule has 0 aromatic rings. The molecule has 3 atom stereocenters. The number of nitrogens with zero attached hydrogens (tertiary/aromatic N) is 1. The lowest BCUT2D eigenvalue weighted by atomic mass is 9.67. The summed E-state index contributed by atoms with van der Waals surface area (Å²) in [6, 6.07) is 1.65. The van der Waals surface area contributed by atoms with Gasteiger partial charge in [-0.1, -0.05) is 27.7 Å². The minimum absolute atomic E-state index is 0.480. The lowest BCUT2D eigenvalue weighted by Crippen LogP contribution is -2.47. The molecule has 0 radical (unpaired) electrons. The summed E-state index contributed by atoms with van der Waals surface area (Å²) in [5.41, 5.74) is 0.480. The van der Waals surface area contributed by atoms with Crippen LogP contribution in [0.15, 0.2) is 0 Å². The Hall–Kier alpha value is -0.0800. The molecule has 112 valence electrons. The van der Waals surface area contributed by atoms with E-state index in [1.54, 1.807) is 0 Å². The fourth-order valence-electron chi connectivity index (χ4n) is 3.82. The standard InChI is InChI=1S/C17H34N2/c1-6-18-16-10-7-14(17(2,3)4)11-13(16)12-19(5)15-8-9-15/h13-16,18H,6-12H2,1-5H3. The molecule has 0 bridgehead atoms. The van der Waals surface area contributed by atoms with E-state index in [9.17, 15) is 0 Å². The van der Waals surface area contributed by atoms with Gasteiger partial charge in [-0.3, -0.25) is 0 Å². The molecule has 0 spiro atoms. The second-order valence-electron chi connectivity index (χ2n) is 7.97. The molecule has 0 aromatic carbocycles. The fraction of sp³-hybridized carbons (Fsp3) is 1.00. The highest BCUT2D eigenvalue weighted by molar-refractivity contribution is 4.92. The molecular weight excluding hydrogens is 232 g/mol. The number of rotatable bonds is 5. The van der Waals surface area contributed by atoms with Gasteiger partial charge in [0.2, 0.25) is 0 Å². The maximum Gasteiger partial charge on any atom is 0.0108 e. The van der Waals surface area contributed by atoms with Crippen LogP contribution >= 0.6 is 0 Å². The van der Waals surface area contributed by atoms with E-state index in [-0.39, 0.29) is 0 Å². The molecule has 2 fully saturated rings. The molecule has 19 heavy (non-hydrogen) atoms. The molecule has 2 saturated carbocycles. The van der Waals surface area contributed by atoms with Gasteiger partial charge in [0.05, 0.1) is 0 Å². The van der Waals surface area contributed by atoms with Gasteiger partial charge < -0.3 is 10.2 Å². The molecule has 0 amide bonds. The average Bonchev–Trinajstić information content (AvgIpc) is 3.14. The van der Waals surface area contributed by atoms with Crippen LogP contribution in [-0.2, 0) is 0 Å². The first-order valence-electron chi connectivity index (χ1n) is 8.35. The first kappa shape index (κ1) is 15.3. The molecule has 2 aliphatic carbocycles. The number of hydrogen-bond acceptors (Lipinski definition) is 2. The monoisotopic (exact) mass is 266 g/mol. The summed E-state index contributed by atoms with van der Waals surface area (Å²) in [4.78, 5) is 2.63. The van der Waals surface area contributed by atoms with E-state index in [2.05, 4.69) is 45.0 Å². The van der Waals surface area contributed by atoms with Crippen LogP contribution in [0.5, 0.6) is 0 Å². The molecule has 2 rings (SSSR count). The van der Waals surface area contributed by atoms with Gasteiger partial charge in [-0.05, 0) is 62.9 Å². The highest BCUT2D eigenvalue weighted by Crippen LogP contribution is 2.41. The third kappa shape index (κ3) is 4.19. The first-order valence-corrected chi connectivity index (χ1v) is 8.35. The van der Waals surface area contributed by atoms with Crippen LogP contribution in [0.1, 0.15) is 59.8 Å². The third-order valence-corrected chi connectivity index (χ3v) is 5.37. The summed E-state index contributed by atoms with van der Waals surface area (Å²) in [7, 11) is 2.33. The number of nitrogens with one attached hydrogen (secondary N) is 1. The normalized spacial score (nSPS) is 32.8. The lowest BCUT2D eigenvalue weighted by Gasteiger charge is -2.43. The predicted octanol–water partition coefficient (Wildman–Crippen LogP) is 3.52. The van der Waals surface area contributed by atoms with E-state index in [0.29, 0.717) is 5.41 Å². The van der Waals surface area contributed by atoms with Crippen molar-refractivity contribution in [1.82, 2.24) is 10.2 Å². The zero-order valence-electron chi connectivity index (χ0n) is 13.7. The number of hydrogen-bond donors (Lipinski definition) is 1. The van der Waals surface area contributed by atoms with Crippen LogP contribution in [0.3, 0.4) is 0 Å². The van der Waals surface area contributed by atoms with Crippen molar-refractivity contribution < 1.29 is 0 Å². The zero-order chi connectivity index (χ0) is 14.0. The topological polar surface area (TPSA) is 15.3 Å². The SMILES string of the molecule is CCNC1CCC(C(C)(C)C)CC1CN(C)C1CC1. The third-order valence-electron chi connectivity index (χ3n) is 5.37. The smallest absolute Gasteiger partial charge is 0.0108 e. The fourth-order valence-corrected chi connectivity index (χ4v) is 3.82. The second-order valence-corrected chi connectivity index (χ2v) is 7.97. The second kappa shape index (κ2) is 6.13. The largest absolute Gasteiger partial charge is 0.314 e. The van der Waals surface area contributed by atoms with Crippen molar-refractivity contribution >= 4 is 0 Å². The minimum atomic E-state index is 0.480. The van der Waals surface area contributed by atoms with E-state index >= 15 is 0 Å². The molecule has 2 nitrogen and oxygen atoms in total. The van der Waals surface area contributed by atoms with Crippen molar-refractivity contribution in [3.63, 3.8) is 0 Å². The van der Waals surface area contributed by atoms with Crippen molar-refractivity contribution in [1.29, 1.82) is 0 Å². The van der Waals surface area contributed by atoms with Gasteiger partial charge in [-0.15, -0.1) is 0 Å².